The summed E-state index contributed by atoms with van der Waals surface area (Å²) in [6, 6.07) is 4.01. The minimum absolute atomic E-state index is 0.166. The number of benzene rings is 1. The molecule has 0 saturated heterocycles. The van der Waals surface area contributed by atoms with Crippen molar-refractivity contribution in [3.63, 3.8) is 0 Å². The van der Waals surface area contributed by atoms with Gasteiger partial charge in [0.25, 0.3) is 0 Å². The Kier molecular flexibility index (Phi) is 4.07. The van der Waals surface area contributed by atoms with E-state index in [-0.39, 0.29) is 11.7 Å². The predicted molar refractivity (Wildman–Crippen MR) is 76.1 cm³/mol. The van der Waals surface area contributed by atoms with Crippen molar-refractivity contribution in [3.05, 3.63) is 34.4 Å². The Balaban J connectivity index is 2.49. The molecule has 1 fully saturated rings. The Morgan fingerprint density at radius 1 is 1.26 bits per heavy atom. The van der Waals surface area contributed by atoms with Crippen molar-refractivity contribution in [1.82, 2.24) is 0 Å². The molecule has 1 aliphatic rings. The summed E-state index contributed by atoms with van der Waals surface area (Å²) in [6.07, 6.45) is 1.55. The van der Waals surface area contributed by atoms with Crippen LogP contribution < -0.4 is 0 Å². The lowest BCUT2D eigenvalue weighted by Crippen LogP contribution is -2.31. The van der Waals surface area contributed by atoms with E-state index in [0.29, 0.717) is 12.8 Å². The molecular formula is C17H20O2. The van der Waals surface area contributed by atoms with Gasteiger partial charge in [-0.15, -0.1) is 5.92 Å². The minimum atomic E-state index is -0.540. The number of carbonyl (C=O) groups excluding carboxylic acids is 1. The number of hydrogen-bond acceptors (Lipinski definition) is 2. The molecule has 0 bridgehead atoms. The molecule has 0 radical (unpaired) electrons. The quantitative estimate of drug-likeness (QED) is 0.784. The lowest BCUT2D eigenvalue weighted by atomic mass is 9.77. The van der Waals surface area contributed by atoms with Crippen LogP contribution in [0, 0.1) is 25.7 Å². The highest BCUT2D eigenvalue weighted by Gasteiger charge is 2.33. The molecule has 1 N–H and O–H groups in total. The van der Waals surface area contributed by atoms with Crippen LogP contribution >= 0.6 is 0 Å². The third-order valence-electron chi connectivity index (χ3n) is 3.83. The first-order valence-electron chi connectivity index (χ1n) is 6.79. The Labute approximate surface area is 114 Å². The Morgan fingerprint density at radius 3 is 2.42 bits per heavy atom. The van der Waals surface area contributed by atoms with Crippen molar-refractivity contribution in [1.29, 1.82) is 0 Å². The van der Waals surface area contributed by atoms with E-state index < -0.39 is 6.10 Å². The number of Topliss-reactive ketones (excluding diaryl/α,β-unsaturated/α-hetero) is 1. The number of ketones is 1. The Bertz CT molecular complexity index is 537. The fraction of sp³-hybridized carbons (Fsp3) is 0.471. The van der Waals surface area contributed by atoms with E-state index in [4.69, 9.17) is 0 Å². The molecule has 1 saturated carbocycles. The molecule has 2 heteroatoms. The summed E-state index contributed by atoms with van der Waals surface area (Å²) < 4.78 is 0. The van der Waals surface area contributed by atoms with Crippen LogP contribution in [-0.4, -0.2) is 17.0 Å². The molecule has 0 amide bonds. The smallest absolute Gasteiger partial charge is 0.142 e. The van der Waals surface area contributed by atoms with Gasteiger partial charge in [-0.05, 0) is 62.4 Å². The maximum absolute atomic E-state index is 12.1. The summed E-state index contributed by atoms with van der Waals surface area (Å²) >= 11 is 0. The standard InChI is InChI=1S/C17H20O2/c1-4-6-13-9-11(2)16(12(3)10-13)17-14(18)7-5-8-15(17)19/h9-10,14,17-18H,5,7-8H2,1-3H3. The summed E-state index contributed by atoms with van der Waals surface area (Å²) in [5, 5.41) is 10.2. The highest BCUT2D eigenvalue weighted by Crippen LogP contribution is 2.34. The van der Waals surface area contributed by atoms with E-state index >= 15 is 0 Å². The van der Waals surface area contributed by atoms with Crippen molar-refractivity contribution < 1.29 is 9.90 Å². The van der Waals surface area contributed by atoms with Gasteiger partial charge in [-0.25, -0.2) is 0 Å². The second-order valence-corrected chi connectivity index (χ2v) is 5.30. The van der Waals surface area contributed by atoms with E-state index in [9.17, 15) is 9.90 Å². The van der Waals surface area contributed by atoms with Crippen molar-refractivity contribution in [2.45, 2.75) is 52.1 Å². The highest BCUT2D eigenvalue weighted by molar-refractivity contribution is 5.88. The maximum atomic E-state index is 12.1. The van der Waals surface area contributed by atoms with Crippen LogP contribution in [0.1, 0.15) is 54.4 Å². The summed E-state index contributed by atoms with van der Waals surface area (Å²) in [7, 11) is 0. The van der Waals surface area contributed by atoms with Gasteiger partial charge in [-0.1, -0.05) is 5.92 Å². The second-order valence-electron chi connectivity index (χ2n) is 5.30. The molecular weight excluding hydrogens is 236 g/mol. The predicted octanol–water partition coefficient (Wildman–Crippen LogP) is 2.87. The minimum Gasteiger partial charge on any atom is -0.392 e. The summed E-state index contributed by atoms with van der Waals surface area (Å²) in [4.78, 5) is 12.1. The number of aryl methyl sites for hydroxylation is 2. The molecule has 0 spiro atoms. The number of aliphatic hydroxyl groups excluding tert-OH is 1. The van der Waals surface area contributed by atoms with Crippen LogP contribution in [0.4, 0.5) is 0 Å². The van der Waals surface area contributed by atoms with Crippen LogP contribution in [0.5, 0.6) is 0 Å². The van der Waals surface area contributed by atoms with Gasteiger partial charge in [-0.3, -0.25) is 4.79 Å². The van der Waals surface area contributed by atoms with Gasteiger partial charge < -0.3 is 5.11 Å². The van der Waals surface area contributed by atoms with Gasteiger partial charge in [0.1, 0.15) is 5.78 Å². The van der Waals surface area contributed by atoms with E-state index in [2.05, 4.69) is 11.8 Å². The van der Waals surface area contributed by atoms with E-state index in [1.807, 2.05) is 32.9 Å². The first-order chi connectivity index (χ1) is 9.04. The van der Waals surface area contributed by atoms with Crippen molar-refractivity contribution in [2.75, 3.05) is 0 Å². The molecule has 2 atom stereocenters. The average Bonchev–Trinajstić information content (AvgIpc) is 2.32. The zero-order valence-electron chi connectivity index (χ0n) is 11.8. The molecule has 2 rings (SSSR count). The molecule has 2 nitrogen and oxygen atoms in total. The molecule has 19 heavy (non-hydrogen) atoms. The van der Waals surface area contributed by atoms with Gasteiger partial charge in [0.2, 0.25) is 0 Å². The summed E-state index contributed by atoms with van der Waals surface area (Å²) in [5.74, 6) is 5.75. The molecule has 100 valence electrons. The highest BCUT2D eigenvalue weighted by atomic mass is 16.3. The van der Waals surface area contributed by atoms with Gasteiger partial charge in [0.05, 0.1) is 12.0 Å². The fourth-order valence-corrected chi connectivity index (χ4v) is 3.06. The molecule has 2 unspecified atom stereocenters. The monoisotopic (exact) mass is 256 g/mol. The fourth-order valence-electron chi connectivity index (χ4n) is 3.06. The maximum Gasteiger partial charge on any atom is 0.142 e. The zero-order valence-corrected chi connectivity index (χ0v) is 11.8. The van der Waals surface area contributed by atoms with Crippen molar-refractivity contribution in [2.24, 2.45) is 0 Å². The molecule has 0 heterocycles. The van der Waals surface area contributed by atoms with Gasteiger partial charge >= 0.3 is 0 Å². The van der Waals surface area contributed by atoms with Crippen LogP contribution in [0.15, 0.2) is 12.1 Å². The number of aliphatic hydroxyl groups is 1. The first-order valence-corrected chi connectivity index (χ1v) is 6.79. The number of hydrogen-bond donors (Lipinski definition) is 1. The first kappa shape index (κ1) is 13.8. The molecule has 1 aromatic carbocycles. The van der Waals surface area contributed by atoms with Gasteiger partial charge in [-0.2, -0.15) is 0 Å². The van der Waals surface area contributed by atoms with Crippen LogP contribution in [0.25, 0.3) is 0 Å². The topological polar surface area (TPSA) is 37.3 Å². The van der Waals surface area contributed by atoms with Gasteiger partial charge in [0.15, 0.2) is 0 Å². The number of carbonyl (C=O) groups is 1. The molecule has 1 aliphatic carbocycles. The largest absolute Gasteiger partial charge is 0.392 e. The third kappa shape index (κ3) is 2.72. The summed E-state index contributed by atoms with van der Waals surface area (Å²) in [6.45, 7) is 5.81. The van der Waals surface area contributed by atoms with Crippen LogP contribution in [0.3, 0.4) is 0 Å². The van der Waals surface area contributed by atoms with Crippen LogP contribution in [-0.2, 0) is 4.79 Å². The van der Waals surface area contributed by atoms with Crippen molar-refractivity contribution in [3.8, 4) is 11.8 Å². The molecule has 1 aromatic rings. The average molecular weight is 256 g/mol. The van der Waals surface area contributed by atoms with E-state index in [0.717, 1.165) is 28.7 Å². The number of rotatable bonds is 1. The van der Waals surface area contributed by atoms with Crippen LogP contribution in [0.2, 0.25) is 0 Å². The SMILES string of the molecule is CC#Cc1cc(C)c(C2C(=O)CCCC2O)c(C)c1. The summed E-state index contributed by atoms with van der Waals surface area (Å²) in [5.41, 5.74) is 4.08. The third-order valence-corrected chi connectivity index (χ3v) is 3.83. The normalized spacial score (nSPS) is 22.8. The zero-order chi connectivity index (χ0) is 14.0. The van der Waals surface area contributed by atoms with Crippen molar-refractivity contribution >= 4 is 5.78 Å². The van der Waals surface area contributed by atoms with E-state index in [1.165, 1.54) is 0 Å². The van der Waals surface area contributed by atoms with Gasteiger partial charge in [0, 0.05) is 12.0 Å². The Hall–Kier alpha value is -1.59. The lowest BCUT2D eigenvalue weighted by molar-refractivity contribution is -0.125. The Morgan fingerprint density at radius 2 is 1.89 bits per heavy atom. The second kappa shape index (κ2) is 5.59. The molecule has 0 aliphatic heterocycles. The molecule has 0 aromatic heterocycles. The lowest BCUT2D eigenvalue weighted by Gasteiger charge is -2.29. The van der Waals surface area contributed by atoms with E-state index in [1.54, 1.807) is 0 Å².